The van der Waals surface area contributed by atoms with E-state index in [4.69, 9.17) is 0 Å². The number of carbonyl (C=O) groups is 2. The molecule has 0 saturated carbocycles. The minimum atomic E-state index is 0.110. The standard InChI is InChI=1S/C20H28N2O2/c1-16-7-11-22(12-8-16)20(24)18-9-13-21(14-10-18)19(23)15-17-5-3-2-4-6-17/h2-6,16,18H,7-15H2,1H3. The van der Waals surface area contributed by atoms with E-state index in [0.29, 0.717) is 25.4 Å². The van der Waals surface area contributed by atoms with Crippen LogP contribution in [0.15, 0.2) is 30.3 Å². The molecule has 2 fully saturated rings. The van der Waals surface area contributed by atoms with Crippen LogP contribution in [0, 0.1) is 11.8 Å². The van der Waals surface area contributed by atoms with Gasteiger partial charge in [0.05, 0.1) is 6.42 Å². The highest BCUT2D eigenvalue weighted by molar-refractivity contribution is 5.81. The maximum absolute atomic E-state index is 12.6. The second-order valence-corrected chi connectivity index (χ2v) is 7.33. The van der Waals surface area contributed by atoms with Gasteiger partial charge in [0, 0.05) is 32.1 Å². The summed E-state index contributed by atoms with van der Waals surface area (Å²) in [6.45, 7) is 5.51. The number of rotatable bonds is 3. The third kappa shape index (κ3) is 4.16. The lowest BCUT2D eigenvalue weighted by Crippen LogP contribution is -2.46. The average molecular weight is 328 g/mol. The lowest BCUT2D eigenvalue weighted by molar-refractivity contribution is -0.141. The number of hydrogen-bond donors (Lipinski definition) is 0. The monoisotopic (exact) mass is 328 g/mol. The smallest absolute Gasteiger partial charge is 0.226 e. The minimum Gasteiger partial charge on any atom is -0.342 e. The summed E-state index contributed by atoms with van der Waals surface area (Å²) in [5, 5.41) is 0. The van der Waals surface area contributed by atoms with Crippen LogP contribution in [0.5, 0.6) is 0 Å². The van der Waals surface area contributed by atoms with Gasteiger partial charge in [-0.15, -0.1) is 0 Å². The summed E-state index contributed by atoms with van der Waals surface area (Å²) in [5.74, 6) is 1.35. The zero-order valence-corrected chi connectivity index (χ0v) is 14.6. The lowest BCUT2D eigenvalue weighted by atomic mass is 9.92. The van der Waals surface area contributed by atoms with Crippen molar-refractivity contribution < 1.29 is 9.59 Å². The predicted octanol–water partition coefficient (Wildman–Crippen LogP) is 2.73. The maximum Gasteiger partial charge on any atom is 0.226 e. The van der Waals surface area contributed by atoms with Gasteiger partial charge >= 0.3 is 0 Å². The molecule has 4 heteroatoms. The van der Waals surface area contributed by atoms with E-state index >= 15 is 0 Å². The molecule has 0 aliphatic carbocycles. The van der Waals surface area contributed by atoms with Crippen LogP contribution >= 0.6 is 0 Å². The molecule has 0 aromatic heterocycles. The van der Waals surface area contributed by atoms with Crippen LogP contribution in [-0.4, -0.2) is 47.8 Å². The number of hydrogen-bond acceptors (Lipinski definition) is 2. The van der Waals surface area contributed by atoms with Crippen molar-refractivity contribution in [3.63, 3.8) is 0 Å². The van der Waals surface area contributed by atoms with Crippen LogP contribution in [0.3, 0.4) is 0 Å². The van der Waals surface area contributed by atoms with E-state index in [9.17, 15) is 9.59 Å². The fraction of sp³-hybridized carbons (Fsp3) is 0.600. The molecule has 1 aromatic rings. The van der Waals surface area contributed by atoms with Crippen molar-refractivity contribution in [3.8, 4) is 0 Å². The number of piperidine rings is 2. The van der Waals surface area contributed by atoms with Gasteiger partial charge in [0.15, 0.2) is 0 Å². The van der Waals surface area contributed by atoms with Crippen molar-refractivity contribution >= 4 is 11.8 Å². The molecule has 0 unspecified atom stereocenters. The van der Waals surface area contributed by atoms with Crippen LogP contribution in [0.25, 0.3) is 0 Å². The largest absolute Gasteiger partial charge is 0.342 e. The van der Waals surface area contributed by atoms with Crippen molar-refractivity contribution in [2.75, 3.05) is 26.2 Å². The molecular weight excluding hydrogens is 300 g/mol. The number of carbonyl (C=O) groups excluding carboxylic acids is 2. The van der Waals surface area contributed by atoms with Crippen molar-refractivity contribution in [1.82, 2.24) is 9.80 Å². The highest BCUT2D eigenvalue weighted by atomic mass is 16.2. The third-order valence-electron chi connectivity index (χ3n) is 5.49. The molecule has 0 atom stereocenters. The van der Waals surface area contributed by atoms with Crippen LogP contribution in [0.1, 0.15) is 38.2 Å². The van der Waals surface area contributed by atoms with Gasteiger partial charge in [0.2, 0.25) is 11.8 Å². The molecule has 0 radical (unpaired) electrons. The summed E-state index contributed by atoms with van der Waals surface area (Å²) < 4.78 is 0. The molecule has 24 heavy (non-hydrogen) atoms. The van der Waals surface area contributed by atoms with Crippen molar-refractivity contribution in [2.45, 2.75) is 39.0 Å². The number of amides is 2. The van der Waals surface area contributed by atoms with Gasteiger partial charge in [-0.05, 0) is 37.2 Å². The summed E-state index contributed by atoms with van der Waals surface area (Å²) in [6, 6.07) is 9.88. The highest BCUT2D eigenvalue weighted by Gasteiger charge is 2.31. The fourth-order valence-corrected chi connectivity index (χ4v) is 3.75. The molecule has 0 bridgehead atoms. The number of benzene rings is 1. The van der Waals surface area contributed by atoms with Crippen LogP contribution in [-0.2, 0) is 16.0 Å². The molecule has 2 aliphatic rings. The van der Waals surface area contributed by atoms with Gasteiger partial charge in [0.25, 0.3) is 0 Å². The Kier molecular flexibility index (Phi) is 5.54. The molecule has 0 spiro atoms. The first-order chi connectivity index (χ1) is 11.6. The van der Waals surface area contributed by atoms with E-state index in [1.807, 2.05) is 40.1 Å². The zero-order chi connectivity index (χ0) is 16.9. The quantitative estimate of drug-likeness (QED) is 0.856. The van der Waals surface area contributed by atoms with E-state index < -0.39 is 0 Å². The topological polar surface area (TPSA) is 40.6 Å². The second kappa shape index (κ2) is 7.82. The Balaban J connectivity index is 1.47. The van der Waals surface area contributed by atoms with Gasteiger partial charge < -0.3 is 9.80 Å². The molecule has 1 aromatic carbocycles. The molecule has 4 nitrogen and oxygen atoms in total. The molecule has 3 rings (SSSR count). The molecule has 2 amide bonds. The summed E-state index contributed by atoms with van der Waals surface area (Å²) in [4.78, 5) is 29.0. The summed E-state index contributed by atoms with van der Waals surface area (Å²) in [6.07, 6.45) is 4.33. The first kappa shape index (κ1) is 17.0. The lowest BCUT2D eigenvalue weighted by Gasteiger charge is -2.36. The molecule has 2 heterocycles. The summed E-state index contributed by atoms with van der Waals surface area (Å²) in [7, 11) is 0. The Morgan fingerprint density at radius 3 is 2.12 bits per heavy atom. The van der Waals surface area contributed by atoms with Gasteiger partial charge in [-0.25, -0.2) is 0 Å². The van der Waals surface area contributed by atoms with Crippen LogP contribution in [0.4, 0.5) is 0 Å². The third-order valence-corrected chi connectivity index (χ3v) is 5.49. The summed E-state index contributed by atoms with van der Waals surface area (Å²) >= 11 is 0. The average Bonchev–Trinajstić information content (AvgIpc) is 2.63. The Morgan fingerprint density at radius 1 is 0.917 bits per heavy atom. The Bertz CT molecular complexity index is 556. The van der Waals surface area contributed by atoms with Gasteiger partial charge in [-0.2, -0.15) is 0 Å². The van der Waals surface area contributed by atoms with Gasteiger partial charge in [0.1, 0.15) is 0 Å². The van der Waals surface area contributed by atoms with Gasteiger partial charge in [-0.3, -0.25) is 9.59 Å². The highest BCUT2D eigenvalue weighted by Crippen LogP contribution is 2.24. The minimum absolute atomic E-state index is 0.110. The normalized spacial score (nSPS) is 20.2. The molecule has 0 N–H and O–H groups in total. The molecular formula is C20H28N2O2. The van der Waals surface area contributed by atoms with E-state index in [2.05, 4.69) is 6.92 Å². The van der Waals surface area contributed by atoms with E-state index in [1.165, 1.54) is 0 Å². The molecule has 130 valence electrons. The maximum atomic E-state index is 12.6. The SMILES string of the molecule is CC1CCN(C(=O)C2CCN(C(=O)Cc3ccccc3)CC2)CC1. The van der Waals surface area contributed by atoms with E-state index in [-0.39, 0.29) is 11.8 Å². The van der Waals surface area contributed by atoms with E-state index in [1.54, 1.807) is 0 Å². The Hall–Kier alpha value is -1.84. The first-order valence-corrected chi connectivity index (χ1v) is 9.24. The number of nitrogens with zero attached hydrogens (tertiary/aromatic N) is 2. The summed E-state index contributed by atoms with van der Waals surface area (Å²) in [5.41, 5.74) is 1.06. The van der Waals surface area contributed by atoms with Crippen molar-refractivity contribution in [2.24, 2.45) is 11.8 Å². The van der Waals surface area contributed by atoms with Crippen molar-refractivity contribution in [3.05, 3.63) is 35.9 Å². The second-order valence-electron chi connectivity index (χ2n) is 7.33. The van der Waals surface area contributed by atoms with Crippen molar-refractivity contribution in [1.29, 1.82) is 0 Å². The van der Waals surface area contributed by atoms with Crippen LogP contribution in [0.2, 0.25) is 0 Å². The zero-order valence-electron chi connectivity index (χ0n) is 14.6. The Morgan fingerprint density at radius 2 is 1.50 bits per heavy atom. The van der Waals surface area contributed by atoms with Gasteiger partial charge in [-0.1, -0.05) is 37.3 Å². The van der Waals surface area contributed by atoms with Crippen LogP contribution < -0.4 is 0 Å². The van der Waals surface area contributed by atoms with E-state index in [0.717, 1.165) is 50.3 Å². The molecule has 2 aliphatic heterocycles. The first-order valence-electron chi connectivity index (χ1n) is 9.24. The Labute approximate surface area is 144 Å². The number of likely N-dealkylation sites (tertiary alicyclic amines) is 2. The predicted molar refractivity (Wildman–Crippen MR) is 94.4 cm³/mol. The molecule has 2 saturated heterocycles. The fourth-order valence-electron chi connectivity index (χ4n) is 3.75.